The number of hydrogen-bond donors (Lipinski definition) is 2. The van der Waals surface area contributed by atoms with Crippen LogP contribution in [0.25, 0.3) is 0 Å². The molecule has 2 aliphatic heterocycles. The summed E-state index contributed by atoms with van der Waals surface area (Å²) < 4.78 is 10.9. The van der Waals surface area contributed by atoms with Gasteiger partial charge in [-0.15, -0.1) is 12.4 Å². The standard InChI is InChI=1S/C17H23N3O4.ClH/c1-23-14-5-3-2-4-13(14)20-9-8-12(17(20)22)19-16(21)15-7-6-11(10-18)24-15;/h2-5,11-12,15H,6-10,18H2,1H3,(H,19,21);1H/t11-,12?,15+;/m1./s1. The van der Waals surface area contributed by atoms with Gasteiger partial charge in [0.1, 0.15) is 17.9 Å². The van der Waals surface area contributed by atoms with E-state index in [0.29, 0.717) is 31.7 Å². The second-order valence-corrected chi connectivity index (χ2v) is 6.07. The lowest BCUT2D eigenvalue weighted by atomic mass is 10.1. The van der Waals surface area contributed by atoms with E-state index in [9.17, 15) is 9.59 Å². The molecule has 3 N–H and O–H groups in total. The van der Waals surface area contributed by atoms with Gasteiger partial charge < -0.3 is 25.4 Å². The van der Waals surface area contributed by atoms with Gasteiger partial charge in [-0.05, 0) is 31.4 Å². The van der Waals surface area contributed by atoms with Gasteiger partial charge >= 0.3 is 0 Å². The zero-order chi connectivity index (χ0) is 17.1. The number of hydrogen-bond acceptors (Lipinski definition) is 5. The number of amides is 2. The number of halogens is 1. The summed E-state index contributed by atoms with van der Waals surface area (Å²) in [5.74, 6) is 0.287. The zero-order valence-corrected chi connectivity index (χ0v) is 15.0. The van der Waals surface area contributed by atoms with Crippen LogP contribution in [-0.4, -0.2) is 50.3 Å². The number of anilines is 1. The van der Waals surface area contributed by atoms with Crippen LogP contribution in [0.5, 0.6) is 5.75 Å². The first-order chi connectivity index (χ1) is 11.6. The molecule has 1 aromatic rings. The van der Waals surface area contributed by atoms with Crippen LogP contribution in [0.2, 0.25) is 0 Å². The maximum Gasteiger partial charge on any atom is 0.249 e. The molecule has 2 amide bonds. The number of nitrogens with two attached hydrogens (primary N) is 1. The molecular formula is C17H24ClN3O4. The Labute approximate surface area is 153 Å². The van der Waals surface area contributed by atoms with Crippen molar-refractivity contribution in [2.75, 3.05) is 25.1 Å². The Kier molecular flexibility index (Phi) is 6.64. The Balaban J connectivity index is 0.00000225. The molecule has 3 rings (SSSR count). The molecular weight excluding hydrogens is 346 g/mol. The lowest BCUT2D eigenvalue weighted by Gasteiger charge is -2.20. The van der Waals surface area contributed by atoms with Gasteiger partial charge in [-0.1, -0.05) is 12.1 Å². The number of nitrogens with zero attached hydrogens (tertiary/aromatic N) is 1. The van der Waals surface area contributed by atoms with Gasteiger partial charge in [0, 0.05) is 13.1 Å². The Bertz CT molecular complexity index is 628. The van der Waals surface area contributed by atoms with Crippen LogP contribution < -0.4 is 20.7 Å². The summed E-state index contributed by atoms with van der Waals surface area (Å²) in [5.41, 5.74) is 6.29. The SMILES string of the molecule is COc1ccccc1N1CCC(NC(=O)[C@@H]2CC[C@H](CN)O2)C1=O.Cl. The topological polar surface area (TPSA) is 93.9 Å². The number of rotatable bonds is 5. The summed E-state index contributed by atoms with van der Waals surface area (Å²) in [5, 5.41) is 2.82. The molecule has 0 saturated carbocycles. The van der Waals surface area contributed by atoms with Crippen molar-refractivity contribution in [1.29, 1.82) is 0 Å². The van der Waals surface area contributed by atoms with E-state index in [1.54, 1.807) is 12.0 Å². The molecule has 0 radical (unpaired) electrons. The number of nitrogens with one attached hydrogen (secondary N) is 1. The van der Waals surface area contributed by atoms with Gasteiger partial charge in [0.15, 0.2) is 0 Å². The molecule has 7 nitrogen and oxygen atoms in total. The van der Waals surface area contributed by atoms with Gasteiger partial charge in [0.05, 0.1) is 18.9 Å². The van der Waals surface area contributed by atoms with Crippen LogP contribution in [0.15, 0.2) is 24.3 Å². The van der Waals surface area contributed by atoms with Crippen molar-refractivity contribution in [3.8, 4) is 5.75 Å². The quantitative estimate of drug-likeness (QED) is 0.802. The Morgan fingerprint density at radius 2 is 2.12 bits per heavy atom. The number of ether oxygens (including phenoxy) is 2. The van der Waals surface area contributed by atoms with Crippen molar-refractivity contribution < 1.29 is 19.1 Å². The van der Waals surface area contributed by atoms with E-state index in [2.05, 4.69) is 5.32 Å². The lowest BCUT2D eigenvalue weighted by Crippen LogP contribution is -2.45. The van der Waals surface area contributed by atoms with Crippen LogP contribution in [0.3, 0.4) is 0 Å². The summed E-state index contributed by atoms with van der Waals surface area (Å²) in [4.78, 5) is 26.6. The smallest absolute Gasteiger partial charge is 0.249 e. The fraction of sp³-hybridized carbons (Fsp3) is 0.529. The van der Waals surface area contributed by atoms with E-state index < -0.39 is 12.1 Å². The van der Waals surface area contributed by atoms with Crippen molar-refractivity contribution in [3.63, 3.8) is 0 Å². The van der Waals surface area contributed by atoms with Crippen molar-refractivity contribution in [2.45, 2.75) is 37.5 Å². The van der Waals surface area contributed by atoms with Crippen LogP contribution in [0.1, 0.15) is 19.3 Å². The number of methoxy groups -OCH3 is 1. The molecule has 0 bridgehead atoms. The molecule has 1 unspecified atom stereocenters. The first-order valence-electron chi connectivity index (χ1n) is 8.24. The van der Waals surface area contributed by atoms with Crippen molar-refractivity contribution in [1.82, 2.24) is 5.32 Å². The Morgan fingerprint density at radius 1 is 1.36 bits per heavy atom. The number of carbonyl (C=O) groups excluding carboxylic acids is 2. The average molecular weight is 370 g/mol. The second kappa shape index (κ2) is 8.51. The molecule has 1 aromatic carbocycles. The molecule has 3 atom stereocenters. The fourth-order valence-corrected chi connectivity index (χ4v) is 3.24. The molecule has 25 heavy (non-hydrogen) atoms. The van der Waals surface area contributed by atoms with E-state index in [1.165, 1.54) is 0 Å². The van der Waals surface area contributed by atoms with Crippen molar-refractivity contribution >= 4 is 29.9 Å². The normalized spacial score (nSPS) is 25.6. The first kappa shape index (κ1) is 19.5. The molecule has 0 aromatic heterocycles. The summed E-state index contributed by atoms with van der Waals surface area (Å²) in [6.07, 6.45) is 1.41. The third kappa shape index (κ3) is 4.05. The number of benzene rings is 1. The van der Waals surface area contributed by atoms with Crippen molar-refractivity contribution in [3.05, 3.63) is 24.3 Å². The van der Waals surface area contributed by atoms with Crippen LogP contribution in [-0.2, 0) is 14.3 Å². The monoisotopic (exact) mass is 369 g/mol. The van der Waals surface area contributed by atoms with Gasteiger partial charge in [-0.3, -0.25) is 9.59 Å². The van der Waals surface area contributed by atoms with Gasteiger partial charge in [0.2, 0.25) is 11.8 Å². The minimum absolute atomic E-state index is 0. The molecule has 2 saturated heterocycles. The second-order valence-electron chi connectivity index (χ2n) is 6.07. The van der Waals surface area contributed by atoms with E-state index in [0.717, 1.165) is 12.1 Å². The average Bonchev–Trinajstić information content (AvgIpc) is 3.22. The number of para-hydroxylation sites is 2. The lowest BCUT2D eigenvalue weighted by molar-refractivity contribution is -0.134. The van der Waals surface area contributed by atoms with Crippen LogP contribution in [0.4, 0.5) is 5.69 Å². The first-order valence-corrected chi connectivity index (χ1v) is 8.24. The third-order valence-corrected chi connectivity index (χ3v) is 4.56. The summed E-state index contributed by atoms with van der Waals surface area (Å²) in [6, 6.07) is 6.84. The summed E-state index contributed by atoms with van der Waals surface area (Å²) in [7, 11) is 1.57. The Morgan fingerprint density at radius 3 is 2.80 bits per heavy atom. The fourth-order valence-electron chi connectivity index (χ4n) is 3.24. The molecule has 138 valence electrons. The minimum atomic E-state index is -0.525. The van der Waals surface area contributed by atoms with E-state index in [4.69, 9.17) is 15.2 Å². The molecule has 0 aliphatic carbocycles. The summed E-state index contributed by atoms with van der Waals surface area (Å²) >= 11 is 0. The molecule has 2 fully saturated rings. The van der Waals surface area contributed by atoms with Crippen LogP contribution in [0, 0.1) is 0 Å². The van der Waals surface area contributed by atoms with Gasteiger partial charge in [-0.25, -0.2) is 0 Å². The zero-order valence-electron chi connectivity index (χ0n) is 14.1. The highest BCUT2D eigenvalue weighted by Crippen LogP contribution is 2.31. The number of carbonyl (C=O) groups is 2. The maximum absolute atomic E-state index is 12.6. The highest BCUT2D eigenvalue weighted by Gasteiger charge is 2.37. The van der Waals surface area contributed by atoms with E-state index in [-0.39, 0.29) is 30.3 Å². The van der Waals surface area contributed by atoms with E-state index in [1.807, 2.05) is 24.3 Å². The third-order valence-electron chi connectivity index (χ3n) is 4.56. The van der Waals surface area contributed by atoms with E-state index >= 15 is 0 Å². The van der Waals surface area contributed by atoms with Crippen molar-refractivity contribution in [2.24, 2.45) is 5.73 Å². The summed E-state index contributed by atoms with van der Waals surface area (Å²) in [6.45, 7) is 0.953. The highest BCUT2D eigenvalue weighted by atomic mass is 35.5. The Hall–Kier alpha value is -1.83. The predicted molar refractivity (Wildman–Crippen MR) is 96.1 cm³/mol. The van der Waals surface area contributed by atoms with Crippen LogP contribution >= 0.6 is 12.4 Å². The molecule has 2 heterocycles. The van der Waals surface area contributed by atoms with Gasteiger partial charge in [-0.2, -0.15) is 0 Å². The van der Waals surface area contributed by atoms with Gasteiger partial charge in [0.25, 0.3) is 0 Å². The minimum Gasteiger partial charge on any atom is -0.495 e. The molecule has 0 spiro atoms. The highest BCUT2D eigenvalue weighted by molar-refractivity contribution is 6.02. The maximum atomic E-state index is 12.6. The predicted octanol–water partition coefficient (Wildman–Crippen LogP) is 0.845. The molecule has 2 aliphatic rings. The molecule has 8 heteroatoms. The largest absolute Gasteiger partial charge is 0.495 e.